The number of halogens is 2. The van der Waals surface area contributed by atoms with Crippen molar-refractivity contribution in [2.24, 2.45) is 0 Å². The molecule has 1 aromatic carbocycles. The lowest BCUT2D eigenvalue weighted by molar-refractivity contribution is 0.708. The van der Waals surface area contributed by atoms with E-state index in [4.69, 9.17) is 11.6 Å². The van der Waals surface area contributed by atoms with E-state index in [1.807, 2.05) is 12.1 Å². The highest BCUT2D eigenvalue weighted by Crippen LogP contribution is 2.28. The summed E-state index contributed by atoms with van der Waals surface area (Å²) >= 11 is 9.64. The number of aryl methyl sites for hydroxylation is 1. The van der Waals surface area contributed by atoms with Crippen molar-refractivity contribution in [2.45, 2.75) is 32.1 Å². The second-order valence-electron chi connectivity index (χ2n) is 4.75. The predicted molar refractivity (Wildman–Crippen MR) is 78.5 cm³/mol. The molecule has 18 heavy (non-hydrogen) atoms. The summed E-state index contributed by atoms with van der Waals surface area (Å²) in [5, 5.41) is 1.29. The lowest BCUT2D eigenvalue weighted by Gasteiger charge is -2.10. The Morgan fingerprint density at radius 2 is 1.94 bits per heavy atom. The van der Waals surface area contributed by atoms with E-state index >= 15 is 0 Å². The molecule has 0 bridgehead atoms. The third-order valence-corrected chi connectivity index (χ3v) is 4.57. The van der Waals surface area contributed by atoms with Crippen molar-refractivity contribution >= 4 is 38.4 Å². The van der Waals surface area contributed by atoms with Gasteiger partial charge in [-0.2, -0.15) is 0 Å². The maximum Gasteiger partial charge on any atom is 0.194 e. The average molecular weight is 327 g/mol. The zero-order valence-electron chi connectivity index (χ0n) is 9.85. The van der Waals surface area contributed by atoms with Crippen LogP contribution in [0, 0.1) is 0 Å². The van der Waals surface area contributed by atoms with E-state index in [0.717, 1.165) is 46.9 Å². The van der Waals surface area contributed by atoms with Gasteiger partial charge in [0.1, 0.15) is 0 Å². The first-order chi connectivity index (χ1) is 8.68. The molecule has 1 N–H and O–H groups in total. The summed E-state index contributed by atoms with van der Waals surface area (Å²) in [6.45, 7) is 0. The Hall–Kier alpha value is -0.800. The molecule has 1 heterocycles. The van der Waals surface area contributed by atoms with Crippen LogP contribution in [-0.4, -0.2) is 4.98 Å². The van der Waals surface area contributed by atoms with Gasteiger partial charge in [-0.05, 0) is 53.7 Å². The smallest absolute Gasteiger partial charge is 0.194 e. The Kier molecular flexibility index (Phi) is 3.20. The van der Waals surface area contributed by atoms with Gasteiger partial charge in [-0.3, -0.25) is 4.79 Å². The molecule has 2 aromatic rings. The number of benzene rings is 1. The highest BCUT2D eigenvalue weighted by molar-refractivity contribution is 9.10. The zero-order valence-corrected chi connectivity index (χ0v) is 12.2. The summed E-state index contributed by atoms with van der Waals surface area (Å²) in [6.07, 6.45) is 5.25. The molecule has 0 radical (unpaired) electrons. The molecule has 94 valence electrons. The Bertz CT molecular complexity index is 678. The number of hydrogen-bond donors (Lipinski definition) is 1. The molecule has 0 amide bonds. The first-order valence-electron chi connectivity index (χ1n) is 6.20. The minimum absolute atomic E-state index is 0.134. The first kappa shape index (κ1) is 12.2. The largest absolute Gasteiger partial charge is 0.357 e. The molecule has 1 aromatic heterocycles. The SMILES string of the molecule is O=c1c2c([nH]c3c(Cl)ccc(Br)c13)CCCCC2. The molecule has 0 spiro atoms. The van der Waals surface area contributed by atoms with E-state index in [1.54, 1.807) is 0 Å². The van der Waals surface area contributed by atoms with Gasteiger partial charge in [-0.25, -0.2) is 0 Å². The number of rotatable bonds is 0. The van der Waals surface area contributed by atoms with Crippen LogP contribution in [-0.2, 0) is 12.8 Å². The summed E-state index contributed by atoms with van der Waals surface area (Å²) < 4.78 is 0.815. The van der Waals surface area contributed by atoms with Crippen LogP contribution >= 0.6 is 27.5 Å². The average Bonchev–Trinajstić information content (AvgIpc) is 2.59. The van der Waals surface area contributed by atoms with E-state index in [1.165, 1.54) is 6.42 Å². The lowest BCUT2D eigenvalue weighted by atomic mass is 10.0. The fourth-order valence-corrected chi connectivity index (χ4v) is 3.38. The summed E-state index contributed by atoms with van der Waals surface area (Å²) in [6, 6.07) is 3.65. The van der Waals surface area contributed by atoms with Gasteiger partial charge in [-0.15, -0.1) is 0 Å². The second kappa shape index (κ2) is 4.71. The number of nitrogens with one attached hydrogen (secondary N) is 1. The molecule has 4 heteroatoms. The minimum atomic E-state index is 0.134. The van der Waals surface area contributed by atoms with Crippen LogP contribution in [0.15, 0.2) is 21.4 Å². The lowest BCUT2D eigenvalue weighted by Crippen LogP contribution is -2.14. The van der Waals surface area contributed by atoms with Crippen LogP contribution in [0.2, 0.25) is 5.02 Å². The first-order valence-corrected chi connectivity index (χ1v) is 7.37. The topological polar surface area (TPSA) is 32.9 Å². The standard InChI is InChI=1S/C14H13BrClNO/c15-9-6-7-10(16)13-12(9)14(18)8-4-2-1-3-5-11(8)17-13/h6-7H,1-5H2,(H,17,18). The van der Waals surface area contributed by atoms with Crippen molar-refractivity contribution in [1.29, 1.82) is 0 Å². The Morgan fingerprint density at radius 3 is 2.78 bits per heavy atom. The third kappa shape index (κ3) is 1.90. The van der Waals surface area contributed by atoms with E-state index in [9.17, 15) is 4.79 Å². The van der Waals surface area contributed by atoms with Crippen LogP contribution in [0.4, 0.5) is 0 Å². The number of pyridine rings is 1. The molecule has 0 aliphatic heterocycles. The molecule has 0 saturated heterocycles. The van der Waals surface area contributed by atoms with Gasteiger partial charge in [0.2, 0.25) is 0 Å². The van der Waals surface area contributed by atoms with Crippen molar-refractivity contribution in [3.05, 3.63) is 43.1 Å². The van der Waals surface area contributed by atoms with Crippen molar-refractivity contribution in [3.63, 3.8) is 0 Å². The molecule has 1 aliphatic carbocycles. The molecule has 1 aliphatic rings. The van der Waals surface area contributed by atoms with Crippen molar-refractivity contribution in [1.82, 2.24) is 4.98 Å². The second-order valence-corrected chi connectivity index (χ2v) is 6.01. The van der Waals surface area contributed by atoms with E-state index in [2.05, 4.69) is 20.9 Å². The molecule has 0 atom stereocenters. The highest BCUT2D eigenvalue weighted by Gasteiger charge is 2.17. The van der Waals surface area contributed by atoms with E-state index in [-0.39, 0.29) is 5.43 Å². The highest BCUT2D eigenvalue weighted by atomic mass is 79.9. The van der Waals surface area contributed by atoms with Gasteiger partial charge in [0.15, 0.2) is 5.43 Å². The van der Waals surface area contributed by atoms with Crippen molar-refractivity contribution in [3.8, 4) is 0 Å². The minimum Gasteiger partial charge on any atom is -0.357 e. The maximum absolute atomic E-state index is 12.6. The number of aromatic amines is 1. The van der Waals surface area contributed by atoms with Crippen molar-refractivity contribution < 1.29 is 0 Å². The van der Waals surface area contributed by atoms with Crippen LogP contribution in [0.1, 0.15) is 30.5 Å². The number of fused-ring (bicyclic) bond motifs is 2. The van der Waals surface area contributed by atoms with Crippen LogP contribution in [0.3, 0.4) is 0 Å². The zero-order chi connectivity index (χ0) is 12.7. The Morgan fingerprint density at radius 1 is 1.17 bits per heavy atom. The molecule has 3 rings (SSSR count). The van der Waals surface area contributed by atoms with Crippen molar-refractivity contribution in [2.75, 3.05) is 0 Å². The quantitative estimate of drug-likeness (QED) is 0.723. The van der Waals surface area contributed by atoms with Gasteiger partial charge in [0.25, 0.3) is 0 Å². The molecule has 0 saturated carbocycles. The summed E-state index contributed by atoms with van der Waals surface area (Å²) in [5.41, 5.74) is 2.92. The number of aromatic nitrogens is 1. The normalized spacial score (nSPS) is 15.4. The van der Waals surface area contributed by atoms with Gasteiger partial charge >= 0.3 is 0 Å². The third-order valence-electron chi connectivity index (χ3n) is 3.60. The summed E-state index contributed by atoms with van der Waals surface area (Å²) in [7, 11) is 0. The number of H-pyrrole nitrogens is 1. The van der Waals surface area contributed by atoms with Gasteiger partial charge in [0, 0.05) is 15.7 Å². The maximum atomic E-state index is 12.6. The van der Waals surface area contributed by atoms with Gasteiger partial charge in [-0.1, -0.05) is 18.0 Å². The predicted octanol–water partition coefficient (Wildman–Crippen LogP) is 4.21. The van der Waals surface area contributed by atoms with Crippen LogP contribution in [0.25, 0.3) is 10.9 Å². The molecule has 2 nitrogen and oxygen atoms in total. The molecule has 0 unspecified atom stereocenters. The monoisotopic (exact) mass is 325 g/mol. The molecular formula is C14H13BrClNO. The summed E-state index contributed by atoms with van der Waals surface area (Å²) in [4.78, 5) is 16.0. The Labute approximate surface area is 118 Å². The van der Waals surface area contributed by atoms with E-state index in [0.29, 0.717) is 10.4 Å². The fourth-order valence-electron chi connectivity index (χ4n) is 2.67. The van der Waals surface area contributed by atoms with E-state index < -0.39 is 0 Å². The number of hydrogen-bond acceptors (Lipinski definition) is 1. The van der Waals surface area contributed by atoms with Gasteiger partial charge < -0.3 is 4.98 Å². The van der Waals surface area contributed by atoms with Crippen LogP contribution < -0.4 is 5.43 Å². The molecular weight excluding hydrogens is 314 g/mol. The molecule has 0 fully saturated rings. The van der Waals surface area contributed by atoms with Gasteiger partial charge in [0.05, 0.1) is 15.9 Å². The van der Waals surface area contributed by atoms with Crippen LogP contribution in [0.5, 0.6) is 0 Å². The summed E-state index contributed by atoms with van der Waals surface area (Å²) in [5.74, 6) is 0. The fraction of sp³-hybridized carbons (Fsp3) is 0.357. The Balaban J connectivity index is 2.42.